The average Bonchev–Trinajstić information content (AvgIpc) is 3.26. The molecule has 2 heterocycles. The number of carbonyl (C=O) groups excluding carboxylic acids is 2. The molecule has 2 atom stereocenters. The molecule has 0 aromatic carbocycles. The van der Waals surface area contributed by atoms with Crippen LogP contribution in [0.2, 0.25) is 0 Å². The molecule has 23 heavy (non-hydrogen) atoms. The minimum absolute atomic E-state index is 0.00390. The highest BCUT2D eigenvalue weighted by Gasteiger charge is 2.40. The van der Waals surface area contributed by atoms with Crippen LogP contribution in [0, 0.1) is 5.92 Å². The molecule has 2 saturated heterocycles. The van der Waals surface area contributed by atoms with Crippen molar-refractivity contribution in [2.75, 3.05) is 19.6 Å². The number of amides is 2. The molecule has 0 aromatic heterocycles. The Kier molecular flexibility index (Phi) is 4.92. The van der Waals surface area contributed by atoms with Crippen LogP contribution in [0.5, 0.6) is 0 Å². The van der Waals surface area contributed by atoms with Crippen molar-refractivity contribution in [1.82, 2.24) is 15.1 Å². The number of aliphatic hydroxyl groups is 1. The molecule has 130 valence electrons. The summed E-state index contributed by atoms with van der Waals surface area (Å²) in [5, 5.41) is 13.1. The van der Waals surface area contributed by atoms with Crippen LogP contribution in [0.1, 0.15) is 46.0 Å². The summed E-state index contributed by atoms with van der Waals surface area (Å²) < 4.78 is 0. The van der Waals surface area contributed by atoms with Crippen LogP contribution >= 0.6 is 0 Å². The van der Waals surface area contributed by atoms with Gasteiger partial charge in [0.2, 0.25) is 11.8 Å². The van der Waals surface area contributed by atoms with Gasteiger partial charge in [0.25, 0.3) is 0 Å². The summed E-state index contributed by atoms with van der Waals surface area (Å²) in [5.41, 5.74) is 0. The van der Waals surface area contributed by atoms with Gasteiger partial charge in [0, 0.05) is 18.6 Å². The van der Waals surface area contributed by atoms with Crippen LogP contribution in [-0.2, 0) is 9.59 Å². The van der Waals surface area contributed by atoms with Gasteiger partial charge in [-0.1, -0.05) is 0 Å². The second-order valence-corrected chi connectivity index (χ2v) is 7.53. The number of aliphatic hydroxyl groups excluding tert-OH is 1. The Morgan fingerprint density at radius 1 is 1.13 bits per heavy atom. The smallest absolute Gasteiger partial charge is 0.249 e. The van der Waals surface area contributed by atoms with E-state index in [1.807, 2.05) is 4.90 Å². The summed E-state index contributed by atoms with van der Waals surface area (Å²) in [7, 11) is 0. The second-order valence-electron chi connectivity index (χ2n) is 7.53. The van der Waals surface area contributed by atoms with Crippen LogP contribution in [0.3, 0.4) is 0 Å². The molecule has 3 aliphatic rings. The number of hydrogen-bond donors (Lipinski definition) is 2. The van der Waals surface area contributed by atoms with Gasteiger partial charge < -0.3 is 15.3 Å². The molecular weight excluding hydrogens is 294 g/mol. The second kappa shape index (κ2) is 6.77. The van der Waals surface area contributed by atoms with E-state index in [1.165, 1.54) is 0 Å². The topological polar surface area (TPSA) is 72.9 Å². The molecule has 0 aromatic rings. The number of carbonyl (C=O) groups is 2. The van der Waals surface area contributed by atoms with E-state index in [9.17, 15) is 14.7 Å². The molecule has 3 rings (SSSR count). The molecule has 6 heteroatoms. The predicted molar refractivity (Wildman–Crippen MR) is 86.7 cm³/mol. The van der Waals surface area contributed by atoms with Gasteiger partial charge in [-0.05, 0) is 65.0 Å². The zero-order valence-electron chi connectivity index (χ0n) is 14.2. The summed E-state index contributed by atoms with van der Waals surface area (Å²) >= 11 is 0. The summed E-state index contributed by atoms with van der Waals surface area (Å²) in [6, 6.07) is 0.545. The SMILES string of the molecule is CC(C)N1CCC(N2CCC(C(O)C(=O)NC3CC3)CC2)C1=O. The summed E-state index contributed by atoms with van der Waals surface area (Å²) in [6.45, 7) is 6.54. The third kappa shape index (κ3) is 3.69. The normalized spacial score (nSPS) is 28.4. The molecule has 1 saturated carbocycles. The maximum absolute atomic E-state index is 12.5. The van der Waals surface area contributed by atoms with Crippen LogP contribution < -0.4 is 5.32 Å². The maximum atomic E-state index is 12.5. The summed E-state index contributed by atoms with van der Waals surface area (Å²) in [4.78, 5) is 28.6. The van der Waals surface area contributed by atoms with Crippen LogP contribution in [-0.4, -0.2) is 70.6 Å². The standard InChI is InChI=1S/C17H29N3O3/c1-11(2)20-10-7-14(17(20)23)19-8-5-12(6-9-19)15(21)16(22)18-13-3-4-13/h11-15,21H,3-10H2,1-2H3,(H,18,22). The largest absolute Gasteiger partial charge is 0.383 e. The minimum Gasteiger partial charge on any atom is -0.383 e. The highest BCUT2D eigenvalue weighted by molar-refractivity contribution is 5.84. The van der Waals surface area contributed by atoms with E-state index in [2.05, 4.69) is 24.1 Å². The Hall–Kier alpha value is -1.14. The Balaban J connectivity index is 1.48. The lowest BCUT2D eigenvalue weighted by Crippen LogP contribution is -2.50. The predicted octanol–water partition coefficient (Wildman–Crippen LogP) is 0.347. The summed E-state index contributed by atoms with van der Waals surface area (Å²) in [5.74, 6) is 0.0436. The molecule has 2 unspecified atom stereocenters. The van der Waals surface area contributed by atoms with Crippen molar-refractivity contribution in [3.63, 3.8) is 0 Å². The van der Waals surface area contributed by atoms with E-state index in [-0.39, 0.29) is 35.9 Å². The molecule has 6 nitrogen and oxygen atoms in total. The van der Waals surface area contributed by atoms with Gasteiger partial charge >= 0.3 is 0 Å². The van der Waals surface area contributed by atoms with Crippen molar-refractivity contribution in [2.24, 2.45) is 5.92 Å². The fourth-order valence-corrected chi connectivity index (χ4v) is 3.81. The van der Waals surface area contributed by atoms with E-state index >= 15 is 0 Å². The number of piperidine rings is 1. The van der Waals surface area contributed by atoms with Crippen molar-refractivity contribution in [3.05, 3.63) is 0 Å². The van der Waals surface area contributed by atoms with Crippen molar-refractivity contribution < 1.29 is 14.7 Å². The van der Waals surface area contributed by atoms with E-state index < -0.39 is 6.10 Å². The Morgan fingerprint density at radius 3 is 2.30 bits per heavy atom. The molecular formula is C17H29N3O3. The first-order valence-corrected chi connectivity index (χ1v) is 9.00. The van der Waals surface area contributed by atoms with Crippen molar-refractivity contribution in [1.29, 1.82) is 0 Å². The van der Waals surface area contributed by atoms with Crippen molar-refractivity contribution in [2.45, 2.75) is 70.2 Å². The van der Waals surface area contributed by atoms with Gasteiger partial charge in [0.05, 0.1) is 6.04 Å². The maximum Gasteiger partial charge on any atom is 0.249 e. The van der Waals surface area contributed by atoms with E-state index in [0.717, 1.165) is 51.7 Å². The Labute approximate surface area is 138 Å². The van der Waals surface area contributed by atoms with Crippen LogP contribution in [0.25, 0.3) is 0 Å². The lowest BCUT2D eigenvalue weighted by molar-refractivity contribution is -0.136. The third-order valence-electron chi connectivity index (χ3n) is 5.49. The van der Waals surface area contributed by atoms with E-state index in [0.29, 0.717) is 0 Å². The Morgan fingerprint density at radius 2 is 1.78 bits per heavy atom. The first-order valence-electron chi connectivity index (χ1n) is 9.00. The highest BCUT2D eigenvalue weighted by Crippen LogP contribution is 2.27. The first kappa shape index (κ1) is 16.7. The minimum atomic E-state index is -0.899. The van der Waals surface area contributed by atoms with Crippen molar-refractivity contribution >= 4 is 11.8 Å². The summed E-state index contributed by atoms with van der Waals surface area (Å²) in [6.07, 6.45) is 3.63. The van der Waals surface area contributed by atoms with Gasteiger partial charge in [0.15, 0.2) is 0 Å². The van der Waals surface area contributed by atoms with Crippen molar-refractivity contribution in [3.8, 4) is 0 Å². The lowest BCUT2D eigenvalue weighted by atomic mass is 9.90. The van der Waals surface area contributed by atoms with Crippen LogP contribution in [0.4, 0.5) is 0 Å². The number of hydrogen-bond acceptors (Lipinski definition) is 4. The molecule has 0 bridgehead atoms. The molecule has 2 N–H and O–H groups in total. The third-order valence-corrected chi connectivity index (χ3v) is 5.49. The molecule has 2 amide bonds. The van der Waals surface area contributed by atoms with Gasteiger partial charge in [-0.25, -0.2) is 0 Å². The van der Waals surface area contributed by atoms with Crippen LogP contribution in [0.15, 0.2) is 0 Å². The molecule has 0 spiro atoms. The van der Waals surface area contributed by atoms with Gasteiger partial charge in [-0.15, -0.1) is 0 Å². The number of nitrogens with zero attached hydrogens (tertiary/aromatic N) is 2. The molecule has 2 aliphatic heterocycles. The molecule has 0 radical (unpaired) electrons. The number of likely N-dealkylation sites (tertiary alicyclic amines) is 2. The number of nitrogens with one attached hydrogen (secondary N) is 1. The fraction of sp³-hybridized carbons (Fsp3) is 0.882. The fourth-order valence-electron chi connectivity index (χ4n) is 3.81. The molecule has 1 aliphatic carbocycles. The van der Waals surface area contributed by atoms with E-state index in [1.54, 1.807) is 0 Å². The lowest BCUT2D eigenvalue weighted by Gasteiger charge is -2.36. The Bertz CT molecular complexity index is 456. The molecule has 3 fully saturated rings. The quantitative estimate of drug-likeness (QED) is 0.766. The monoisotopic (exact) mass is 323 g/mol. The zero-order chi connectivity index (χ0) is 16.6. The number of rotatable bonds is 5. The highest BCUT2D eigenvalue weighted by atomic mass is 16.3. The van der Waals surface area contributed by atoms with Gasteiger partial charge in [0.1, 0.15) is 6.10 Å². The zero-order valence-corrected chi connectivity index (χ0v) is 14.2. The average molecular weight is 323 g/mol. The van der Waals surface area contributed by atoms with Gasteiger partial charge in [-0.3, -0.25) is 14.5 Å². The van der Waals surface area contributed by atoms with E-state index in [4.69, 9.17) is 0 Å². The first-order chi connectivity index (χ1) is 11.0. The van der Waals surface area contributed by atoms with Gasteiger partial charge in [-0.2, -0.15) is 0 Å².